The summed E-state index contributed by atoms with van der Waals surface area (Å²) in [5, 5.41) is 4.91. The van der Waals surface area contributed by atoms with Gasteiger partial charge in [0, 0.05) is 18.1 Å². The maximum atomic E-state index is 13.5. The summed E-state index contributed by atoms with van der Waals surface area (Å²) in [6, 6.07) is 26.1. The second-order valence-corrected chi connectivity index (χ2v) is 9.21. The van der Waals surface area contributed by atoms with Gasteiger partial charge in [0.15, 0.2) is 5.58 Å². The van der Waals surface area contributed by atoms with Gasteiger partial charge in [0.25, 0.3) is 5.56 Å². The predicted octanol–water partition coefficient (Wildman–Crippen LogP) is 6.99. The van der Waals surface area contributed by atoms with Crippen LogP contribution >= 0.6 is 0 Å². The number of pyridine rings is 1. The van der Waals surface area contributed by atoms with Crippen LogP contribution in [0.1, 0.15) is 26.3 Å². The molecule has 0 aliphatic rings. The lowest BCUT2D eigenvalue weighted by atomic mass is 9.86. The number of rotatable bonds is 3. The molecule has 3 aromatic carbocycles. The maximum Gasteiger partial charge on any atom is 0.262 e. The molecule has 4 nitrogen and oxygen atoms in total. The van der Waals surface area contributed by atoms with Crippen LogP contribution in [0, 0.1) is 0 Å². The molecule has 0 unspecified atom stereocenters. The number of benzene rings is 3. The Kier molecular flexibility index (Phi) is 4.66. The standard InChI is InChI=1S/C28H26N2O2/c1-28(2,3)19-16-14-18(15-17-19)23-24-25(32-26(23)29-20-10-6-5-7-11-20)21-12-8-9-13-22(21)30(4)27(24)31/h5-17,29H,1-4H3. The molecule has 0 aliphatic heterocycles. The Bertz CT molecular complexity index is 1490. The summed E-state index contributed by atoms with van der Waals surface area (Å²) in [5.74, 6) is 0.572. The van der Waals surface area contributed by atoms with E-state index in [1.807, 2.05) is 61.6 Å². The van der Waals surface area contributed by atoms with Gasteiger partial charge < -0.3 is 14.3 Å². The van der Waals surface area contributed by atoms with Crippen LogP contribution in [0.4, 0.5) is 11.6 Å². The molecule has 4 heteroatoms. The van der Waals surface area contributed by atoms with E-state index in [1.54, 1.807) is 4.57 Å². The largest absolute Gasteiger partial charge is 0.439 e. The lowest BCUT2D eigenvalue weighted by Crippen LogP contribution is -2.17. The highest BCUT2D eigenvalue weighted by atomic mass is 16.4. The van der Waals surface area contributed by atoms with Gasteiger partial charge >= 0.3 is 0 Å². The number of hydrogen-bond donors (Lipinski definition) is 1. The summed E-state index contributed by atoms with van der Waals surface area (Å²) in [4.78, 5) is 13.5. The van der Waals surface area contributed by atoms with Crippen molar-refractivity contribution in [2.75, 3.05) is 5.32 Å². The lowest BCUT2D eigenvalue weighted by molar-refractivity contribution is 0.590. The minimum atomic E-state index is -0.0709. The molecule has 0 saturated carbocycles. The Morgan fingerprint density at radius 1 is 0.844 bits per heavy atom. The number of para-hydroxylation sites is 2. The van der Waals surface area contributed by atoms with E-state index in [9.17, 15) is 4.79 Å². The topological polar surface area (TPSA) is 47.2 Å². The van der Waals surface area contributed by atoms with Crippen LogP contribution in [0.25, 0.3) is 33.0 Å². The van der Waals surface area contributed by atoms with E-state index in [0.717, 1.165) is 27.7 Å². The fourth-order valence-electron chi connectivity index (χ4n) is 4.21. The van der Waals surface area contributed by atoms with Crippen LogP contribution in [0.3, 0.4) is 0 Å². The highest BCUT2D eigenvalue weighted by molar-refractivity contribution is 6.11. The highest BCUT2D eigenvalue weighted by Gasteiger charge is 2.23. The molecule has 5 aromatic rings. The molecule has 1 N–H and O–H groups in total. The second kappa shape index (κ2) is 7.41. The van der Waals surface area contributed by atoms with E-state index in [1.165, 1.54) is 5.56 Å². The molecule has 0 aliphatic carbocycles. The normalized spacial score (nSPS) is 11.9. The smallest absolute Gasteiger partial charge is 0.262 e. The van der Waals surface area contributed by atoms with Gasteiger partial charge in [-0.1, -0.05) is 75.4 Å². The average Bonchev–Trinajstić information content (AvgIpc) is 3.17. The van der Waals surface area contributed by atoms with Gasteiger partial charge in [-0.25, -0.2) is 0 Å². The third-order valence-electron chi connectivity index (χ3n) is 6.01. The molecule has 160 valence electrons. The van der Waals surface area contributed by atoms with Crippen molar-refractivity contribution < 1.29 is 4.42 Å². The van der Waals surface area contributed by atoms with Gasteiger partial charge in [-0.05, 0) is 40.8 Å². The maximum absolute atomic E-state index is 13.5. The Hall–Kier alpha value is -3.79. The first-order valence-corrected chi connectivity index (χ1v) is 10.8. The molecule has 0 spiro atoms. The van der Waals surface area contributed by atoms with Crippen LogP contribution in [0.2, 0.25) is 0 Å². The molecule has 5 rings (SSSR count). The van der Waals surface area contributed by atoms with Crippen molar-refractivity contribution in [3.8, 4) is 11.1 Å². The van der Waals surface area contributed by atoms with E-state index >= 15 is 0 Å². The molecule has 2 aromatic heterocycles. The molecule has 32 heavy (non-hydrogen) atoms. The first-order chi connectivity index (χ1) is 15.3. The minimum Gasteiger partial charge on any atom is -0.439 e. The van der Waals surface area contributed by atoms with Crippen molar-refractivity contribution in [3.05, 3.63) is 94.8 Å². The monoisotopic (exact) mass is 422 g/mol. The zero-order valence-electron chi connectivity index (χ0n) is 18.8. The van der Waals surface area contributed by atoms with E-state index in [4.69, 9.17) is 4.42 Å². The molecule has 0 bridgehead atoms. The zero-order chi connectivity index (χ0) is 22.5. The van der Waals surface area contributed by atoms with Gasteiger partial charge in [0.1, 0.15) is 0 Å². The van der Waals surface area contributed by atoms with Crippen LogP contribution in [-0.2, 0) is 12.5 Å². The predicted molar refractivity (Wildman–Crippen MR) is 133 cm³/mol. The van der Waals surface area contributed by atoms with E-state index < -0.39 is 0 Å². The van der Waals surface area contributed by atoms with Gasteiger partial charge in [-0.15, -0.1) is 0 Å². The Balaban J connectivity index is 1.83. The summed E-state index contributed by atoms with van der Waals surface area (Å²) in [7, 11) is 1.81. The summed E-state index contributed by atoms with van der Waals surface area (Å²) >= 11 is 0. The SMILES string of the molecule is Cn1c(=O)c2c(-c3ccc(C(C)(C)C)cc3)c(Nc3ccccc3)oc2c2ccccc21. The van der Waals surface area contributed by atoms with Crippen LogP contribution in [-0.4, -0.2) is 4.57 Å². The fourth-order valence-corrected chi connectivity index (χ4v) is 4.21. The molecule has 2 heterocycles. The molecule has 0 amide bonds. The number of fused-ring (bicyclic) bond motifs is 3. The lowest BCUT2D eigenvalue weighted by Gasteiger charge is -2.19. The van der Waals surface area contributed by atoms with Gasteiger partial charge in [0.05, 0.1) is 16.5 Å². The summed E-state index contributed by atoms with van der Waals surface area (Å²) in [6.07, 6.45) is 0. The Labute approximate surface area is 187 Å². The number of anilines is 2. The molecule has 0 radical (unpaired) electrons. The van der Waals surface area contributed by atoms with Gasteiger partial charge in [-0.3, -0.25) is 4.79 Å². The number of nitrogens with one attached hydrogen (secondary N) is 1. The molecule has 0 atom stereocenters. The first-order valence-electron chi connectivity index (χ1n) is 10.8. The quantitative estimate of drug-likeness (QED) is 0.341. The van der Waals surface area contributed by atoms with Gasteiger partial charge in [0.2, 0.25) is 5.88 Å². The Morgan fingerprint density at radius 2 is 1.50 bits per heavy atom. The van der Waals surface area contributed by atoms with Crippen molar-refractivity contribution in [1.82, 2.24) is 4.57 Å². The molecular formula is C28H26N2O2. The highest BCUT2D eigenvalue weighted by Crippen LogP contribution is 2.41. The first kappa shape index (κ1) is 20.1. The van der Waals surface area contributed by atoms with E-state index in [-0.39, 0.29) is 11.0 Å². The molecule has 0 fully saturated rings. The minimum absolute atomic E-state index is 0.0500. The second-order valence-electron chi connectivity index (χ2n) is 9.21. The van der Waals surface area contributed by atoms with E-state index in [0.29, 0.717) is 16.9 Å². The number of aromatic nitrogens is 1. The third-order valence-corrected chi connectivity index (χ3v) is 6.01. The van der Waals surface area contributed by atoms with Crippen molar-refractivity contribution >= 4 is 33.4 Å². The van der Waals surface area contributed by atoms with Crippen molar-refractivity contribution in [1.29, 1.82) is 0 Å². The summed E-state index contributed by atoms with van der Waals surface area (Å²) < 4.78 is 8.08. The molecular weight excluding hydrogens is 396 g/mol. The van der Waals surface area contributed by atoms with E-state index in [2.05, 4.69) is 50.4 Å². The average molecular weight is 423 g/mol. The summed E-state index contributed by atoms with van der Waals surface area (Å²) in [5.41, 5.74) is 5.31. The zero-order valence-corrected chi connectivity index (χ0v) is 18.8. The van der Waals surface area contributed by atoms with Crippen molar-refractivity contribution in [3.63, 3.8) is 0 Å². The number of aryl methyl sites for hydroxylation is 1. The van der Waals surface area contributed by atoms with Crippen LogP contribution in [0.5, 0.6) is 0 Å². The molecule has 0 saturated heterocycles. The van der Waals surface area contributed by atoms with Crippen molar-refractivity contribution in [2.45, 2.75) is 26.2 Å². The third kappa shape index (κ3) is 3.28. The van der Waals surface area contributed by atoms with Crippen molar-refractivity contribution in [2.24, 2.45) is 7.05 Å². The number of furan rings is 1. The van der Waals surface area contributed by atoms with Crippen LogP contribution < -0.4 is 10.9 Å². The number of nitrogens with zero attached hydrogens (tertiary/aromatic N) is 1. The fraction of sp³-hybridized carbons (Fsp3) is 0.179. The summed E-state index contributed by atoms with van der Waals surface area (Å²) in [6.45, 7) is 6.58. The van der Waals surface area contributed by atoms with Gasteiger partial charge in [-0.2, -0.15) is 0 Å². The Morgan fingerprint density at radius 3 is 2.19 bits per heavy atom. The van der Waals surface area contributed by atoms with Crippen LogP contribution in [0.15, 0.2) is 88.1 Å². The number of hydrogen-bond acceptors (Lipinski definition) is 3.